The highest BCUT2D eigenvalue weighted by Gasteiger charge is 2.18. The summed E-state index contributed by atoms with van der Waals surface area (Å²) in [6, 6.07) is 0. The molecule has 0 bridgehead atoms. The molecule has 2 aromatic rings. The van der Waals surface area contributed by atoms with Crippen LogP contribution in [0.2, 0.25) is 4.47 Å². The van der Waals surface area contributed by atoms with Gasteiger partial charge in [-0.3, -0.25) is 0 Å². The number of halogens is 1. The van der Waals surface area contributed by atoms with Crippen molar-refractivity contribution in [2.45, 2.75) is 31.0 Å². The molecule has 0 aliphatic heterocycles. The van der Waals surface area contributed by atoms with Crippen molar-refractivity contribution in [1.29, 1.82) is 0 Å². The second-order valence-corrected chi connectivity index (χ2v) is 6.41. The van der Waals surface area contributed by atoms with Crippen LogP contribution in [0, 0.1) is 6.92 Å². The average molecular weight is 331 g/mol. The Morgan fingerprint density at radius 3 is 2.70 bits per heavy atom. The fraction of sp³-hybridized carbons (Fsp3) is 0.364. The first-order chi connectivity index (χ1) is 9.51. The van der Waals surface area contributed by atoms with Gasteiger partial charge in [-0.25, -0.2) is 14.8 Å². The molecule has 9 heteroatoms. The number of thioether (sulfide) groups is 1. The third kappa shape index (κ3) is 3.44. The van der Waals surface area contributed by atoms with E-state index in [4.69, 9.17) is 11.6 Å². The van der Waals surface area contributed by atoms with E-state index in [-0.39, 0.29) is 5.56 Å². The van der Waals surface area contributed by atoms with Crippen molar-refractivity contribution in [3.8, 4) is 0 Å². The molecule has 0 saturated carbocycles. The van der Waals surface area contributed by atoms with E-state index >= 15 is 0 Å². The molecule has 0 fully saturated rings. The Kier molecular flexibility index (Phi) is 4.90. The molecule has 0 spiro atoms. The van der Waals surface area contributed by atoms with Gasteiger partial charge in [0.15, 0.2) is 0 Å². The molecule has 0 aliphatic carbocycles. The summed E-state index contributed by atoms with van der Waals surface area (Å²) in [5, 5.41) is 18.1. The molecule has 0 aliphatic rings. The molecule has 0 radical (unpaired) electrons. The molecule has 0 atom stereocenters. The molecular formula is C11H11ClN4O2S2. The van der Waals surface area contributed by atoms with Gasteiger partial charge in [0.05, 0.1) is 11.4 Å². The first-order valence-electron chi connectivity index (χ1n) is 5.72. The zero-order valence-electron chi connectivity index (χ0n) is 10.8. The molecule has 0 aromatic carbocycles. The minimum atomic E-state index is -1.03. The van der Waals surface area contributed by atoms with Crippen LogP contribution in [0.3, 0.4) is 0 Å². The monoisotopic (exact) mass is 330 g/mol. The van der Waals surface area contributed by atoms with E-state index in [2.05, 4.69) is 20.2 Å². The molecule has 0 saturated heterocycles. The normalized spacial score (nSPS) is 10.8. The summed E-state index contributed by atoms with van der Waals surface area (Å²) < 4.78 is 0.368. The largest absolute Gasteiger partial charge is 0.478 e. The minimum absolute atomic E-state index is 0.141. The number of nitrogens with zero attached hydrogens (tertiary/aromatic N) is 4. The smallest absolute Gasteiger partial charge is 0.340 e. The Morgan fingerprint density at radius 1 is 1.40 bits per heavy atom. The fourth-order valence-electron chi connectivity index (χ4n) is 1.53. The number of carboxylic acids is 1. The number of hydrogen-bond donors (Lipinski definition) is 1. The number of aromatic carboxylic acids is 1. The Morgan fingerprint density at radius 2 is 2.15 bits per heavy atom. The standard InChI is InChI=1S/C11H11ClN4O2S2/c1-3-6-13-5(2)8(10(17)18)9(14-6)19-4-7-15-16-11(12)20-7/h3-4H2,1-2H3,(H,17,18). The van der Waals surface area contributed by atoms with Crippen LogP contribution in [-0.4, -0.2) is 31.2 Å². The van der Waals surface area contributed by atoms with Crippen LogP contribution in [0.4, 0.5) is 0 Å². The first kappa shape index (κ1) is 15.1. The zero-order chi connectivity index (χ0) is 14.7. The van der Waals surface area contributed by atoms with Gasteiger partial charge >= 0.3 is 5.97 Å². The van der Waals surface area contributed by atoms with Gasteiger partial charge in [0, 0.05) is 6.42 Å². The van der Waals surface area contributed by atoms with Crippen molar-refractivity contribution in [1.82, 2.24) is 20.2 Å². The molecular weight excluding hydrogens is 320 g/mol. The van der Waals surface area contributed by atoms with Gasteiger partial charge < -0.3 is 5.11 Å². The molecule has 1 N–H and O–H groups in total. The maximum Gasteiger partial charge on any atom is 0.340 e. The average Bonchev–Trinajstić information content (AvgIpc) is 2.81. The molecule has 20 heavy (non-hydrogen) atoms. The number of carboxylic acid groups (broad SMARTS) is 1. The van der Waals surface area contributed by atoms with Gasteiger partial charge in [0.1, 0.15) is 21.4 Å². The zero-order valence-corrected chi connectivity index (χ0v) is 13.1. The van der Waals surface area contributed by atoms with Crippen LogP contribution in [-0.2, 0) is 12.2 Å². The van der Waals surface area contributed by atoms with E-state index in [1.54, 1.807) is 6.92 Å². The van der Waals surface area contributed by atoms with Gasteiger partial charge in [-0.1, -0.05) is 30.0 Å². The number of carbonyl (C=O) groups is 1. The molecule has 2 heterocycles. The highest BCUT2D eigenvalue weighted by atomic mass is 35.5. The lowest BCUT2D eigenvalue weighted by molar-refractivity contribution is 0.0690. The van der Waals surface area contributed by atoms with Gasteiger partial charge in [0.25, 0.3) is 0 Å². The quantitative estimate of drug-likeness (QED) is 0.666. The van der Waals surface area contributed by atoms with Gasteiger partial charge in [-0.2, -0.15) is 0 Å². The Balaban J connectivity index is 2.28. The minimum Gasteiger partial charge on any atom is -0.478 e. The number of rotatable bonds is 5. The highest BCUT2D eigenvalue weighted by Crippen LogP contribution is 2.28. The van der Waals surface area contributed by atoms with Crippen LogP contribution in [0.15, 0.2) is 5.03 Å². The lowest BCUT2D eigenvalue weighted by atomic mass is 10.2. The number of aryl methyl sites for hydroxylation is 2. The van der Waals surface area contributed by atoms with Crippen molar-refractivity contribution in [3.05, 3.63) is 26.6 Å². The second-order valence-electron chi connectivity index (χ2n) is 3.80. The van der Waals surface area contributed by atoms with Crippen molar-refractivity contribution in [2.24, 2.45) is 0 Å². The molecule has 2 aromatic heterocycles. The third-order valence-electron chi connectivity index (χ3n) is 2.41. The van der Waals surface area contributed by atoms with Crippen molar-refractivity contribution < 1.29 is 9.90 Å². The first-order valence-corrected chi connectivity index (χ1v) is 7.90. The van der Waals surface area contributed by atoms with Gasteiger partial charge in [-0.15, -0.1) is 10.2 Å². The third-order valence-corrected chi connectivity index (χ3v) is 4.60. The number of aromatic nitrogens is 4. The molecule has 0 amide bonds. The Hall–Kier alpha value is -1.25. The Labute approximate surface area is 128 Å². The summed E-state index contributed by atoms with van der Waals surface area (Å²) in [4.78, 5) is 19.8. The van der Waals surface area contributed by atoms with Crippen molar-refractivity contribution >= 4 is 40.7 Å². The number of hydrogen-bond acceptors (Lipinski definition) is 7. The molecule has 2 rings (SSSR count). The van der Waals surface area contributed by atoms with Crippen molar-refractivity contribution in [2.75, 3.05) is 0 Å². The molecule has 6 nitrogen and oxygen atoms in total. The van der Waals surface area contributed by atoms with Gasteiger partial charge in [0.2, 0.25) is 4.47 Å². The van der Waals surface area contributed by atoms with Crippen LogP contribution in [0.5, 0.6) is 0 Å². The van der Waals surface area contributed by atoms with Gasteiger partial charge in [-0.05, 0) is 18.5 Å². The summed E-state index contributed by atoms with van der Waals surface area (Å²) in [6.45, 7) is 3.60. The molecule has 106 valence electrons. The maximum absolute atomic E-state index is 11.3. The summed E-state index contributed by atoms with van der Waals surface area (Å²) in [7, 11) is 0. The predicted octanol–water partition coefficient (Wildman–Crippen LogP) is 2.84. The van der Waals surface area contributed by atoms with E-state index < -0.39 is 5.97 Å². The fourth-order valence-corrected chi connectivity index (χ4v) is 3.48. The van der Waals surface area contributed by atoms with Crippen LogP contribution >= 0.6 is 34.7 Å². The summed E-state index contributed by atoms with van der Waals surface area (Å²) in [5.41, 5.74) is 0.616. The lowest BCUT2D eigenvalue weighted by Crippen LogP contribution is -2.09. The topological polar surface area (TPSA) is 88.9 Å². The summed E-state index contributed by atoms with van der Waals surface area (Å²) in [6.07, 6.45) is 0.652. The van der Waals surface area contributed by atoms with E-state index in [0.717, 1.165) is 5.01 Å². The summed E-state index contributed by atoms with van der Waals surface area (Å²) in [5.74, 6) is 0.0813. The van der Waals surface area contributed by atoms with E-state index in [0.29, 0.717) is 33.2 Å². The van der Waals surface area contributed by atoms with Crippen molar-refractivity contribution in [3.63, 3.8) is 0 Å². The predicted molar refractivity (Wildman–Crippen MR) is 77.6 cm³/mol. The maximum atomic E-state index is 11.3. The van der Waals surface area contributed by atoms with E-state index in [9.17, 15) is 9.90 Å². The Bertz CT molecular complexity index is 647. The van der Waals surface area contributed by atoms with E-state index in [1.165, 1.54) is 23.1 Å². The lowest BCUT2D eigenvalue weighted by Gasteiger charge is -2.08. The van der Waals surface area contributed by atoms with E-state index in [1.807, 2.05) is 6.92 Å². The summed E-state index contributed by atoms with van der Waals surface area (Å²) >= 11 is 8.28. The second kappa shape index (κ2) is 6.47. The SMILES string of the molecule is CCc1nc(C)c(C(=O)O)c(SCc2nnc(Cl)s2)n1. The highest BCUT2D eigenvalue weighted by molar-refractivity contribution is 7.98. The van der Waals surface area contributed by atoms with Crippen LogP contribution in [0.1, 0.15) is 33.8 Å². The molecule has 0 unspecified atom stereocenters. The van der Waals surface area contributed by atoms with Crippen LogP contribution in [0.25, 0.3) is 0 Å². The van der Waals surface area contributed by atoms with Crippen LogP contribution < -0.4 is 0 Å².